The van der Waals surface area contributed by atoms with E-state index in [9.17, 15) is 4.79 Å². The van der Waals surface area contributed by atoms with Crippen molar-refractivity contribution in [3.63, 3.8) is 0 Å². The van der Waals surface area contributed by atoms with E-state index in [1.807, 2.05) is 13.8 Å². The summed E-state index contributed by atoms with van der Waals surface area (Å²) in [5.74, 6) is 0.856. The molecule has 0 aromatic heterocycles. The Balaban J connectivity index is 3.17. The largest absolute Gasteiger partial charge is 0.486 e. The van der Waals surface area contributed by atoms with E-state index in [4.69, 9.17) is 4.74 Å². The molecule has 0 unspecified atom stereocenters. The molecule has 1 aromatic carbocycles. The molecule has 0 bridgehead atoms. The van der Waals surface area contributed by atoms with Crippen LogP contribution in [-0.2, 0) is 4.79 Å². The Bertz CT molecular complexity index is 328. The quantitative estimate of drug-likeness (QED) is 0.688. The third kappa shape index (κ3) is 1.95. The monoisotopic (exact) mass is 192 g/mol. The normalized spacial score (nSPS) is 10.0. The van der Waals surface area contributed by atoms with Crippen molar-refractivity contribution in [1.82, 2.24) is 0 Å². The molecule has 0 aliphatic heterocycles. The van der Waals surface area contributed by atoms with Gasteiger partial charge in [-0.3, -0.25) is 4.79 Å². The number of aldehydes is 1. The Labute approximate surface area is 84.9 Å². The van der Waals surface area contributed by atoms with Gasteiger partial charge in [0.1, 0.15) is 12.4 Å². The molecule has 1 rings (SSSR count). The number of rotatable bonds is 3. The summed E-state index contributed by atoms with van der Waals surface area (Å²) in [6.45, 7) is 8.26. The summed E-state index contributed by atoms with van der Waals surface area (Å²) in [6, 6.07) is 2.14. The van der Waals surface area contributed by atoms with E-state index in [0.29, 0.717) is 0 Å². The number of hydrogen-bond acceptors (Lipinski definition) is 2. The summed E-state index contributed by atoms with van der Waals surface area (Å²) in [7, 11) is 0. The van der Waals surface area contributed by atoms with Gasteiger partial charge in [-0.1, -0.05) is 6.07 Å². The van der Waals surface area contributed by atoms with Crippen LogP contribution in [0.4, 0.5) is 0 Å². The van der Waals surface area contributed by atoms with Crippen molar-refractivity contribution >= 4 is 6.29 Å². The van der Waals surface area contributed by atoms with E-state index in [0.717, 1.165) is 23.2 Å². The molecule has 2 heteroatoms. The van der Waals surface area contributed by atoms with Crippen molar-refractivity contribution < 1.29 is 9.53 Å². The van der Waals surface area contributed by atoms with E-state index in [1.165, 1.54) is 11.1 Å². The molecular formula is C12H16O2. The molecule has 0 heterocycles. The van der Waals surface area contributed by atoms with Gasteiger partial charge < -0.3 is 4.74 Å². The van der Waals surface area contributed by atoms with Gasteiger partial charge >= 0.3 is 0 Å². The molecule has 0 saturated heterocycles. The van der Waals surface area contributed by atoms with Crippen molar-refractivity contribution in [3.05, 3.63) is 28.3 Å². The lowest BCUT2D eigenvalue weighted by molar-refractivity contribution is -0.109. The van der Waals surface area contributed by atoms with Crippen LogP contribution in [0.3, 0.4) is 0 Å². The number of aryl methyl sites for hydroxylation is 2. The molecule has 0 N–H and O–H groups in total. The van der Waals surface area contributed by atoms with Gasteiger partial charge in [0.05, 0.1) is 0 Å². The highest BCUT2D eigenvalue weighted by Crippen LogP contribution is 2.28. The lowest BCUT2D eigenvalue weighted by Gasteiger charge is -2.14. The van der Waals surface area contributed by atoms with Gasteiger partial charge in [-0.05, 0) is 49.9 Å². The molecule has 0 saturated carbocycles. The highest BCUT2D eigenvalue weighted by molar-refractivity contribution is 5.54. The molecule has 1 aromatic rings. The lowest BCUT2D eigenvalue weighted by atomic mass is 10.0. The van der Waals surface area contributed by atoms with Gasteiger partial charge in [0.2, 0.25) is 0 Å². The molecule has 0 spiro atoms. The smallest absolute Gasteiger partial charge is 0.157 e. The van der Waals surface area contributed by atoms with Crippen LogP contribution in [0.2, 0.25) is 0 Å². The summed E-state index contributed by atoms with van der Waals surface area (Å²) in [6.07, 6.45) is 0.774. The van der Waals surface area contributed by atoms with Gasteiger partial charge in [0.25, 0.3) is 0 Å². The Morgan fingerprint density at radius 3 is 2.07 bits per heavy atom. The van der Waals surface area contributed by atoms with E-state index in [1.54, 1.807) is 0 Å². The SMILES string of the molecule is Cc1cc(C)c(C)c(OCC=O)c1C. The van der Waals surface area contributed by atoms with Crippen LogP contribution in [0.25, 0.3) is 0 Å². The van der Waals surface area contributed by atoms with Crippen LogP contribution in [0.1, 0.15) is 22.3 Å². The molecule has 0 amide bonds. The maximum atomic E-state index is 10.2. The van der Waals surface area contributed by atoms with E-state index in [2.05, 4.69) is 19.9 Å². The first-order valence-corrected chi connectivity index (χ1v) is 4.71. The average molecular weight is 192 g/mol. The topological polar surface area (TPSA) is 26.3 Å². The minimum atomic E-state index is 0.130. The lowest BCUT2D eigenvalue weighted by Crippen LogP contribution is -2.03. The number of carbonyl (C=O) groups excluding carboxylic acids is 1. The first-order valence-electron chi connectivity index (χ1n) is 4.71. The third-order valence-electron chi connectivity index (χ3n) is 2.59. The van der Waals surface area contributed by atoms with Crippen LogP contribution < -0.4 is 4.74 Å². The van der Waals surface area contributed by atoms with E-state index in [-0.39, 0.29) is 6.61 Å². The third-order valence-corrected chi connectivity index (χ3v) is 2.59. The maximum Gasteiger partial charge on any atom is 0.157 e. The summed E-state index contributed by atoms with van der Waals surface area (Å²) in [5.41, 5.74) is 4.65. The summed E-state index contributed by atoms with van der Waals surface area (Å²) in [5, 5.41) is 0. The zero-order chi connectivity index (χ0) is 10.7. The van der Waals surface area contributed by atoms with Crippen molar-refractivity contribution in [1.29, 1.82) is 0 Å². The van der Waals surface area contributed by atoms with Gasteiger partial charge in [-0.25, -0.2) is 0 Å². The molecule has 0 aliphatic rings. The van der Waals surface area contributed by atoms with Gasteiger partial charge in [0, 0.05) is 0 Å². The van der Waals surface area contributed by atoms with Gasteiger partial charge in [-0.2, -0.15) is 0 Å². The van der Waals surface area contributed by atoms with Gasteiger partial charge in [0.15, 0.2) is 6.29 Å². The zero-order valence-corrected chi connectivity index (χ0v) is 9.18. The minimum Gasteiger partial charge on any atom is -0.486 e. The predicted molar refractivity (Wildman–Crippen MR) is 56.9 cm³/mol. The number of benzene rings is 1. The summed E-state index contributed by atoms with van der Waals surface area (Å²) >= 11 is 0. The standard InChI is InChI=1S/C12H16O2/c1-8-7-9(2)11(4)12(10(8)3)14-6-5-13/h5,7H,6H2,1-4H3. The fraction of sp³-hybridized carbons (Fsp3) is 0.417. The molecule has 0 radical (unpaired) electrons. The van der Waals surface area contributed by atoms with Crippen molar-refractivity contribution in [3.8, 4) is 5.75 Å². The Morgan fingerprint density at radius 1 is 1.14 bits per heavy atom. The second-order valence-corrected chi connectivity index (χ2v) is 3.57. The Morgan fingerprint density at radius 2 is 1.64 bits per heavy atom. The average Bonchev–Trinajstić information content (AvgIpc) is 2.15. The fourth-order valence-electron chi connectivity index (χ4n) is 1.51. The summed E-state index contributed by atoms with van der Waals surface area (Å²) < 4.78 is 5.41. The number of carbonyl (C=O) groups is 1. The Kier molecular flexibility index (Phi) is 3.28. The van der Waals surface area contributed by atoms with Gasteiger partial charge in [-0.15, -0.1) is 0 Å². The van der Waals surface area contributed by atoms with Crippen molar-refractivity contribution in [2.24, 2.45) is 0 Å². The Hall–Kier alpha value is -1.31. The van der Waals surface area contributed by atoms with Crippen LogP contribution >= 0.6 is 0 Å². The van der Waals surface area contributed by atoms with Crippen LogP contribution in [-0.4, -0.2) is 12.9 Å². The molecule has 2 nitrogen and oxygen atoms in total. The number of hydrogen-bond donors (Lipinski definition) is 0. The van der Waals surface area contributed by atoms with Crippen LogP contribution in [0, 0.1) is 27.7 Å². The summed E-state index contributed by atoms with van der Waals surface area (Å²) in [4.78, 5) is 10.2. The molecule has 76 valence electrons. The molecule has 0 aliphatic carbocycles. The molecule has 0 fully saturated rings. The van der Waals surface area contributed by atoms with E-state index >= 15 is 0 Å². The highest BCUT2D eigenvalue weighted by Gasteiger charge is 2.08. The molecule has 0 atom stereocenters. The number of ether oxygens (including phenoxy) is 1. The predicted octanol–water partition coefficient (Wildman–Crippen LogP) is 2.50. The first-order chi connectivity index (χ1) is 6.57. The minimum absolute atomic E-state index is 0.130. The van der Waals surface area contributed by atoms with Crippen molar-refractivity contribution in [2.45, 2.75) is 27.7 Å². The molecular weight excluding hydrogens is 176 g/mol. The van der Waals surface area contributed by atoms with Crippen LogP contribution in [0.5, 0.6) is 5.75 Å². The fourth-order valence-corrected chi connectivity index (χ4v) is 1.51. The van der Waals surface area contributed by atoms with Crippen molar-refractivity contribution in [2.75, 3.05) is 6.61 Å². The highest BCUT2D eigenvalue weighted by atomic mass is 16.5. The van der Waals surface area contributed by atoms with Crippen LogP contribution in [0.15, 0.2) is 6.07 Å². The van der Waals surface area contributed by atoms with E-state index < -0.39 is 0 Å². The second-order valence-electron chi connectivity index (χ2n) is 3.57. The second kappa shape index (κ2) is 4.27. The molecule has 14 heavy (non-hydrogen) atoms. The zero-order valence-electron chi connectivity index (χ0n) is 9.18. The first kappa shape index (κ1) is 10.8. The maximum absolute atomic E-state index is 10.2.